The molecule has 4 nitrogen and oxygen atoms in total. The third-order valence-electron chi connectivity index (χ3n) is 1.87. The van der Waals surface area contributed by atoms with Crippen LogP contribution in [0.25, 0.3) is 0 Å². The molecule has 0 amide bonds. The third kappa shape index (κ3) is 0.753. The summed E-state index contributed by atoms with van der Waals surface area (Å²) in [6.45, 7) is 1.33. The summed E-state index contributed by atoms with van der Waals surface area (Å²) in [5.41, 5.74) is 5.88. The van der Waals surface area contributed by atoms with Gasteiger partial charge >= 0.3 is 0 Å². The quantitative estimate of drug-likeness (QED) is 0.363. The van der Waals surface area contributed by atoms with Crippen molar-refractivity contribution >= 4 is 0 Å². The number of aliphatic hydroxyl groups is 1. The van der Waals surface area contributed by atoms with Gasteiger partial charge in [-0.25, -0.2) is 5.43 Å². The van der Waals surface area contributed by atoms with Gasteiger partial charge in [-0.15, -0.1) is 0 Å². The van der Waals surface area contributed by atoms with Crippen LogP contribution in [0.5, 0.6) is 0 Å². The van der Waals surface area contributed by atoms with Gasteiger partial charge in [0.15, 0.2) is 0 Å². The lowest BCUT2D eigenvalue weighted by Gasteiger charge is -2.24. The zero-order valence-electron chi connectivity index (χ0n) is 5.00. The second-order valence-electron chi connectivity index (χ2n) is 2.49. The van der Waals surface area contributed by atoms with Crippen LogP contribution in [0.2, 0.25) is 0 Å². The molecule has 9 heavy (non-hydrogen) atoms. The van der Waals surface area contributed by atoms with Crippen LogP contribution in [-0.2, 0) is 4.74 Å². The number of hydrogen-bond donors (Lipinski definition) is 3. The lowest BCUT2D eigenvalue weighted by Crippen LogP contribution is -2.56. The second-order valence-corrected chi connectivity index (χ2v) is 2.49. The Kier molecular flexibility index (Phi) is 1.19. The Bertz CT molecular complexity index is 104. The predicted octanol–water partition coefficient (Wildman–Crippen LogP) is -1.78. The zero-order chi connectivity index (χ0) is 6.27. The largest absolute Gasteiger partial charge is 0.389 e. The van der Waals surface area contributed by atoms with Crippen molar-refractivity contribution in [3.05, 3.63) is 0 Å². The average Bonchev–Trinajstić information content (AvgIpc) is 2.19. The maximum absolute atomic E-state index is 9.28. The van der Waals surface area contributed by atoms with Gasteiger partial charge < -0.3 is 9.84 Å². The van der Waals surface area contributed by atoms with E-state index in [-0.39, 0.29) is 18.2 Å². The Balaban J connectivity index is 2.10. The van der Waals surface area contributed by atoms with Crippen molar-refractivity contribution in [1.82, 2.24) is 10.9 Å². The fraction of sp³-hybridized carbons (Fsp3) is 1.00. The minimum absolute atomic E-state index is 0.0104. The molecule has 0 aliphatic carbocycles. The van der Waals surface area contributed by atoms with E-state index in [1.165, 1.54) is 0 Å². The molecule has 3 unspecified atom stereocenters. The molecule has 2 saturated heterocycles. The van der Waals surface area contributed by atoms with Gasteiger partial charge in [-0.1, -0.05) is 0 Å². The number of ether oxygens (including phenoxy) is 1. The molecule has 2 heterocycles. The molecule has 2 aliphatic rings. The summed E-state index contributed by atoms with van der Waals surface area (Å²) in [5, 5.41) is 9.28. The van der Waals surface area contributed by atoms with Crippen LogP contribution in [0.3, 0.4) is 0 Å². The first-order valence-electron chi connectivity index (χ1n) is 3.16. The van der Waals surface area contributed by atoms with Gasteiger partial charge in [0.1, 0.15) is 6.10 Å². The number of rotatable bonds is 0. The SMILES string of the molecule is OC1C2COC1CNN2. The van der Waals surface area contributed by atoms with Crippen LogP contribution in [0, 0.1) is 0 Å². The highest BCUT2D eigenvalue weighted by Gasteiger charge is 2.38. The maximum atomic E-state index is 9.28. The number of hydrazine groups is 1. The Morgan fingerprint density at radius 3 is 3.11 bits per heavy atom. The summed E-state index contributed by atoms with van der Waals surface area (Å²) in [5.74, 6) is 0. The van der Waals surface area contributed by atoms with E-state index < -0.39 is 0 Å². The molecule has 2 aliphatic heterocycles. The van der Waals surface area contributed by atoms with Crippen LogP contribution < -0.4 is 10.9 Å². The molecule has 0 aromatic rings. The first-order chi connectivity index (χ1) is 4.38. The highest BCUT2D eigenvalue weighted by molar-refractivity contribution is 4.91. The molecular formula is C5H10N2O2. The first-order valence-corrected chi connectivity index (χ1v) is 3.16. The van der Waals surface area contributed by atoms with E-state index in [0.29, 0.717) is 13.2 Å². The molecule has 0 radical (unpaired) electrons. The highest BCUT2D eigenvalue weighted by Crippen LogP contribution is 2.15. The number of nitrogens with one attached hydrogen (secondary N) is 2. The van der Waals surface area contributed by atoms with E-state index in [9.17, 15) is 5.11 Å². The highest BCUT2D eigenvalue weighted by atomic mass is 16.5. The van der Waals surface area contributed by atoms with Gasteiger partial charge in [0.2, 0.25) is 0 Å². The molecule has 3 atom stereocenters. The molecule has 0 aromatic carbocycles. The molecule has 2 rings (SSSR count). The zero-order valence-corrected chi connectivity index (χ0v) is 5.00. The summed E-state index contributed by atoms with van der Waals surface area (Å²) >= 11 is 0. The third-order valence-corrected chi connectivity index (χ3v) is 1.87. The molecular weight excluding hydrogens is 120 g/mol. The van der Waals surface area contributed by atoms with Crippen molar-refractivity contribution in [3.8, 4) is 0 Å². The monoisotopic (exact) mass is 130 g/mol. The van der Waals surface area contributed by atoms with Crippen LogP contribution >= 0.6 is 0 Å². The van der Waals surface area contributed by atoms with E-state index in [2.05, 4.69) is 10.9 Å². The van der Waals surface area contributed by atoms with Gasteiger partial charge in [0.25, 0.3) is 0 Å². The lowest BCUT2D eigenvalue weighted by molar-refractivity contribution is 0.0270. The van der Waals surface area contributed by atoms with Gasteiger partial charge in [-0.3, -0.25) is 5.43 Å². The van der Waals surface area contributed by atoms with E-state index >= 15 is 0 Å². The Hall–Kier alpha value is -0.160. The van der Waals surface area contributed by atoms with Gasteiger partial charge in [0.05, 0.1) is 18.8 Å². The molecule has 0 spiro atoms. The van der Waals surface area contributed by atoms with Crippen molar-refractivity contribution < 1.29 is 9.84 Å². The van der Waals surface area contributed by atoms with Gasteiger partial charge in [0, 0.05) is 6.54 Å². The number of fused-ring (bicyclic) bond motifs is 2. The van der Waals surface area contributed by atoms with E-state index in [0.717, 1.165) is 0 Å². The van der Waals surface area contributed by atoms with E-state index in [1.54, 1.807) is 0 Å². The van der Waals surface area contributed by atoms with Crippen molar-refractivity contribution in [2.75, 3.05) is 13.2 Å². The first kappa shape index (κ1) is 5.61. The molecule has 0 saturated carbocycles. The van der Waals surface area contributed by atoms with Crippen LogP contribution in [-0.4, -0.2) is 36.5 Å². The Morgan fingerprint density at radius 2 is 2.44 bits per heavy atom. The molecule has 2 fully saturated rings. The fourth-order valence-electron chi connectivity index (χ4n) is 1.28. The summed E-state index contributed by atoms with van der Waals surface area (Å²) < 4.78 is 5.21. The van der Waals surface area contributed by atoms with Crippen molar-refractivity contribution in [2.24, 2.45) is 0 Å². The van der Waals surface area contributed by atoms with Crippen LogP contribution in [0.4, 0.5) is 0 Å². The minimum Gasteiger partial charge on any atom is -0.389 e. The summed E-state index contributed by atoms with van der Waals surface area (Å²) in [7, 11) is 0. The van der Waals surface area contributed by atoms with Crippen molar-refractivity contribution in [2.45, 2.75) is 18.2 Å². The van der Waals surface area contributed by atoms with Crippen LogP contribution in [0.15, 0.2) is 0 Å². The Labute approximate surface area is 53.2 Å². The molecule has 0 aromatic heterocycles. The minimum atomic E-state index is -0.314. The van der Waals surface area contributed by atoms with Crippen LogP contribution in [0.1, 0.15) is 0 Å². The topological polar surface area (TPSA) is 53.5 Å². The molecule has 52 valence electrons. The van der Waals surface area contributed by atoms with Gasteiger partial charge in [-0.2, -0.15) is 0 Å². The number of hydrogen-bond acceptors (Lipinski definition) is 4. The molecule has 3 N–H and O–H groups in total. The number of aliphatic hydroxyl groups excluding tert-OH is 1. The average molecular weight is 130 g/mol. The van der Waals surface area contributed by atoms with Crippen molar-refractivity contribution in [3.63, 3.8) is 0 Å². The maximum Gasteiger partial charge on any atom is 0.100 e. The smallest absolute Gasteiger partial charge is 0.100 e. The summed E-state index contributed by atoms with van der Waals surface area (Å²) in [6.07, 6.45) is -0.303. The Morgan fingerprint density at radius 1 is 1.56 bits per heavy atom. The summed E-state index contributed by atoms with van der Waals surface area (Å²) in [4.78, 5) is 0. The summed E-state index contributed by atoms with van der Waals surface area (Å²) in [6, 6.07) is 0.101. The second kappa shape index (κ2) is 1.91. The fourth-order valence-corrected chi connectivity index (χ4v) is 1.28. The molecule has 4 heteroatoms. The van der Waals surface area contributed by atoms with E-state index in [1.807, 2.05) is 0 Å². The standard InChI is InChI=1S/C5H10N2O2/c8-5-3-2-9-4(5)1-6-7-3/h3-8H,1-2H2. The lowest BCUT2D eigenvalue weighted by atomic mass is 10.1. The molecule has 2 bridgehead atoms. The normalized spacial score (nSPS) is 49.7. The predicted molar refractivity (Wildman–Crippen MR) is 30.7 cm³/mol. The van der Waals surface area contributed by atoms with Crippen molar-refractivity contribution in [1.29, 1.82) is 0 Å². The van der Waals surface area contributed by atoms with E-state index in [4.69, 9.17) is 4.74 Å². The van der Waals surface area contributed by atoms with Gasteiger partial charge in [-0.05, 0) is 0 Å².